The fourth-order valence-electron chi connectivity index (χ4n) is 2.91. The van der Waals surface area contributed by atoms with E-state index in [4.69, 9.17) is 4.74 Å². The van der Waals surface area contributed by atoms with Crippen LogP contribution in [0.2, 0.25) is 0 Å². The smallest absolute Gasteiger partial charge is 0.216 e. The van der Waals surface area contributed by atoms with Gasteiger partial charge in [0.25, 0.3) is 0 Å². The van der Waals surface area contributed by atoms with E-state index in [2.05, 4.69) is 10.3 Å². The van der Waals surface area contributed by atoms with Crippen LogP contribution >= 0.6 is 0 Å². The molecule has 0 N–H and O–H groups in total. The van der Waals surface area contributed by atoms with Crippen molar-refractivity contribution in [1.29, 1.82) is 0 Å². The predicted molar refractivity (Wildman–Crippen MR) is 72.2 cm³/mol. The summed E-state index contributed by atoms with van der Waals surface area (Å²) in [5.41, 5.74) is 1.19. The average molecular weight is 283 g/mol. The van der Waals surface area contributed by atoms with Crippen molar-refractivity contribution in [3.63, 3.8) is 0 Å². The zero-order chi connectivity index (χ0) is 14.4. The lowest BCUT2D eigenvalue weighted by atomic mass is 9.90. The van der Waals surface area contributed by atoms with Crippen molar-refractivity contribution in [3.05, 3.63) is 46.8 Å². The van der Waals surface area contributed by atoms with E-state index >= 15 is 0 Å². The second kappa shape index (κ2) is 4.60. The van der Waals surface area contributed by atoms with Gasteiger partial charge < -0.3 is 4.74 Å². The molecule has 0 radical (unpaired) electrons. The molecule has 0 saturated carbocycles. The molecule has 4 rings (SSSR count). The summed E-state index contributed by atoms with van der Waals surface area (Å²) in [5.74, 6) is -0.457. The van der Waals surface area contributed by atoms with Gasteiger partial charge in [-0.2, -0.15) is 0 Å². The van der Waals surface area contributed by atoms with Crippen molar-refractivity contribution in [2.45, 2.75) is 25.5 Å². The largest absolute Gasteiger partial charge is 0.356 e. The molecule has 21 heavy (non-hydrogen) atoms. The van der Waals surface area contributed by atoms with Gasteiger partial charge >= 0.3 is 0 Å². The zero-order valence-electron chi connectivity index (χ0n) is 11.3. The standard InChI is InChI=1S/C15H13N3O3/c19-14-9-5-1-2-6-10(9)15(20)13-12(14)16-17-18(13)11-7-3-4-8-21-11/h1-2,5-6,11H,3-4,7-8H2. The number of rotatable bonds is 1. The summed E-state index contributed by atoms with van der Waals surface area (Å²) in [5, 5.41) is 7.93. The lowest BCUT2D eigenvalue weighted by Crippen LogP contribution is -2.27. The van der Waals surface area contributed by atoms with Gasteiger partial charge in [-0.25, -0.2) is 4.68 Å². The number of hydrogen-bond donors (Lipinski definition) is 0. The van der Waals surface area contributed by atoms with E-state index in [0.717, 1.165) is 19.3 Å². The number of ether oxygens (including phenoxy) is 1. The lowest BCUT2D eigenvalue weighted by molar-refractivity contribution is -0.0414. The highest BCUT2D eigenvalue weighted by Crippen LogP contribution is 2.30. The Bertz CT molecular complexity index is 744. The molecule has 2 heterocycles. The topological polar surface area (TPSA) is 74.1 Å². The first-order valence-electron chi connectivity index (χ1n) is 7.02. The highest BCUT2D eigenvalue weighted by Gasteiger charge is 2.36. The zero-order valence-corrected chi connectivity index (χ0v) is 11.3. The Kier molecular flexibility index (Phi) is 2.71. The molecule has 1 saturated heterocycles. The van der Waals surface area contributed by atoms with E-state index in [1.807, 2.05) is 0 Å². The Morgan fingerprint density at radius 3 is 2.57 bits per heavy atom. The number of benzene rings is 1. The molecule has 1 aliphatic heterocycles. The molecule has 2 aliphatic rings. The third kappa shape index (κ3) is 1.76. The molecule has 0 bridgehead atoms. The van der Waals surface area contributed by atoms with Crippen LogP contribution in [-0.4, -0.2) is 33.2 Å². The van der Waals surface area contributed by atoms with Crippen LogP contribution in [0, 0.1) is 0 Å². The number of nitrogens with zero attached hydrogens (tertiary/aromatic N) is 3. The average Bonchev–Trinajstić information content (AvgIpc) is 2.99. The summed E-state index contributed by atoms with van der Waals surface area (Å²) in [6.45, 7) is 0.637. The number of carbonyl (C=O) groups excluding carboxylic acids is 2. The van der Waals surface area contributed by atoms with Crippen LogP contribution in [0.25, 0.3) is 0 Å². The first-order valence-corrected chi connectivity index (χ1v) is 7.02. The van der Waals surface area contributed by atoms with Gasteiger partial charge in [-0.1, -0.05) is 29.5 Å². The maximum absolute atomic E-state index is 12.7. The minimum Gasteiger partial charge on any atom is -0.356 e. The fraction of sp³-hybridized carbons (Fsp3) is 0.333. The molecule has 6 heteroatoms. The molecule has 1 fully saturated rings. The second-order valence-electron chi connectivity index (χ2n) is 5.26. The van der Waals surface area contributed by atoms with Gasteiger partial charge in [-0.05, 0) is 19.3 Å². The monoisotopic (exact) mass is 283 g/mol. The Hall–Kier alpha value is -2.34. The molecule has 6 nitrogen and oxygen atoms in total. The van der Waals surface area contributed by atoms with E-state index < -0.39 is 0 Å². The van der Waals surface area contributed by atoms with Crippen LogP contribution in [0.4, 0.5) is 0 Å². The third-order valence-corrected chi connectivity index (χ3v) is 3.97. The van der Waals surface area contributed by atoms with Gasteiger partial charge in [0.05, 0.1) is 0 Å². The minimum absolute atomic E-state index is 0.132. The van der Waals surface area contributed by atoms with Crippen LogP contribution in [0.5, 0.6) is 0 Å². The van der Waals surface area contributed by atoms with Crippen LogP contribution in [0.3, 0.4) is 0 Å². The fourth-order valence-corrected chi connectivity index (χ4v) is 2.91. The highest BCUT2D eigenvalue weighted by atomic mass is 16.5. The molecule has 106 valence electrons. The van der Waals surface area contributed by atoms with Crippen LogP contribution in [0.15, 0.2) is 24.3 Å². The van der Waals surface area contributed by atoms with E-state index in [-0.39, 0.29) is 29.2 Å². The van der Waals surface area contributed by atoms with E-state index in [1.165, 1.54) is 4.68 Å². The molecule has 1 atom stereocenters. The molecule has 1 unspecified atom stereocenters. The summed E-state index contributed by atoms with van der Waals surface area (Å²) >= 11 is 0. The summed E-state index contributed by atoms with van der Waals surface area (Å²) < 4.78 is 7.13. The molecule has 1 aliphatic carbocycles. The first kappa shape index (κ1) is 12.4. The molecule has 2 aromatic rings. The second-order valence-corrected chi connectivity index (χ2v) is 5.26. The summed E-state index contributed by atoms with van der Waals surface area (Å²) in [4.78, 5) is 25.1. The summed E-state index contributed by atoms with van der Waals surface area (Å²) in [6.07, 6.45) is 2.48. The predicted octanol–water partition coefficient (Wildman–Crippen LogP) is 1.75. The molecule has 1 aromatic carbocycles. The van der Waals surface area contributed by atoms with Crippen LogP contribution in [0.1, 0.15) is 57.6 Å². The lowest BCUT2D eigenvalue weighted by Gasteiger charge is -2.24. The van der Waals surface area contributed by atoms with Gasteiger partial charge in [0.15, 0.2) is 11.9 Å². The molecule has 1 aromatic heterocycles. The van der Waals surface area contributed by atoms with Crippen molar-refractivity contribution in [1.82, 2.24) is 15.0 Å². The molecule has 0 amide bonds. The van der Waals surface area contributed by atoms with Gasteiger partial charge in [0.2, 0.25) is 11.6 Å². The highest BCUT2D eigenvalue weighted by molar-refractivity contribution is 6.26. The van der Waals surface area contributed by atoms with E-state index in [0.29, 0.717) is 17.7 Å². The van der Waals surface area contributed by atoms with Crippen molar-refractivity contribution < 1.29 is 14.3 Å². The number of ketones is 2. The molecule has 0 spiro atoms. The SMILES string of the molecule is O=C1c2ccccc2C(=O)c2c1nnn2C1CCCCO1. The number of carbonyl (C=O) groups is 2. The van der Waals surface area contributed by atoms with Crippen molar-refractivity contribution in [2.24, 2.45) is 0 Å². The Morgan fingerprint density at radius 1 is 1.10 bits per heavy atom. The van der Waals surface area contributed by atoms with Crippen LogP contribution in [-0.2, 0) is 4.74 Å². The first-order chi connectivity index (χ1) is 10.3. The van der Waals surface area contributed by atoms with Crippen molar-refractivity contribution >= 4 is 11.6 Å². The van der Waals surface area contributed by atoms with Gasteiger partial charge in [-0.15, -0.1) is 5.10 Å². The maximum atomic E-state index is 12.7. The Balaban J connectivity index is 1.85. The Morgan fingerprint density at radius 2 is 1.86 bits per heavy atom. The summed E-state index contributed by atoms with van der Waals surface area (Å²) in [6, 6.07) is 6.80. The van der Waals surface area contributed by atoms with Gasteiger partial charge in [0, 0.05) is 17.7 Å². The van der Waals surface area contributed by atoms with Gasteiger partial charge in [0.1, 0.15) is 5.69 Å². The Labute approximate surface area is 120 Å². The van der Waals surface area contributed by atoms with E-state index in [1.54, 1.807) is 24.3 Å². The number of hydrogen-bond acceptors (Lipinski definition) is 5. The summed E-state index contributed by atoms with van der Waals surface area (Å²) in [7, 11) is 0. The van der Waals surface area contributed by atoms with Gasteiger partial charge in [-0.3, -0.25) is 9.59 Å². The number of aromatic nitrogens is 3. The normalized spacial score (nSPS) is 21.0. The van der Waals surface area contributed by atoms with Crippen molar-refractivity contribution in [2.75, 3.05) is 6.61 Å². The maximum Gasteiger partial charge on any atom is 0.216 e. The minimum atomic E-state index is -0.308. The van der Waals surface area contributed by atoms with Crippen LogP contribution < -0.4 is 0 Å². The molecular formula is C15H13N3O3. The van der Waals surface area contributed by atoms with E-state index in [9.17, 15) is 9.59 Å². The van der Waals surface area contributed by atoms with Crippen molar-refractivity contribution in [3.8, 4) is 0 Å². The quantitative estimate of drug-likeness (QED) is 0.680. The third-order valence-electron chi connectivity index (χ3n) is 3.97. The number of fused-ring (bicyclic) bond motifs is 2. The molecular weight excluding hydrogens is 270 g/mol.